The van der Waals surface area contributed by atoms with Crippen LogP contribution in [0.15, 0.2) is 0 Å². The lowest BCUT2D eigenvalue weighted by Crippen LogP contribution is -2.20. The van der Waals surface area contributed by atoms with Gasteiger partial charge in [0.1, 0.15) is 0 Å². The van der Waals surface area contributed by atoms with Crippen LogP contribution in [0.4, 0.5) is 4.79 Å². The molecule has 16 heavy (non-hydrogen) atoms. The first-order valence-electron chi connectivity index (χ1n) is 4.66. The van der Waals surface area contributed by atoms with Crippen molar-refractivity contribution in [2.75, 3.05) is 13.2 Å². The Labute approximate surface area is 94.1 Å². The summed E-state index contributed by atoms with van der Waals surface area (Å²) in [5.74, 6) is -2.43. The van der Waals surface area contributed by atoms with E-state index in [9.17, 15) is 13.9 Å². The van der Waals surface area contributed by atoms with Gasteiger partial charge in [0.05, 0.1) is 13.2 Å². The van der Waals surface area contributed by atoms with Crippen LogP contribution in [0.3, 0.4) is 0 Å². The van der Waals surface area contributed by atoms with Gasteiger partial charge >= 0.3 is 13.8 Å². The van der Waals surface area contributed by atoms with E-state index < -0.39 is 33.9 Å². The van der Waals surface area contributed by atoms with Gasteiger partial charge < -0.3 is 18.5 Å². The topological polar surface area (TPSA) is 88.1 Å². The zero-order valence-electron chi connectivity index (χ0n) is 8.82. The summed E-state index contributed by atoms with van der Waals surface area (Å²) in [4.78, 5) is 10.9. The molecule has 1 rings (SSSR count). The molecule has 1 aliphatic heterocycles. The minimum atomic E-state index is -3.65. The van der Waals surface area contributed by atoms with Crippen molar-refractivity contribution in [2.24, 2.45) is 0 Å². The van der Waals surface area contributed by atoms with E-state index in [-0.39, 0.29) is 13.2 Å². The molecular weight excluding hydrogens is 258 g/mol. The van der Waals surface area contributed by atoms with Gasteiger partial charge in [-0.2, -0.15) is 0 Å². The van der Waals surface area contributed by atoms with Crippen LogP contribution >= 0.6 is 16.1 Å². The SMILES string of the molecule is CCOP(=O)(OCC)C1OC(=O)OC1P=O. The average molecular weight is 270 g/mol. The number of ether oxygens (including phenoxy) is 2. The molecule has 0 aromatic rings. The van der Waals surface area contributed by atoms with Crippen molar-refractivity contribution in [3.05, 3.63) is 0 Å². The fraction of sp³-hybridized carbons (Fsp3) is 0.857. The summed E-state index contributed by atoms with van der Waals surface area (Å²) in [5.41, 5.74) is 0. The smallest absolute Gasteiger partial charge is 0.414 e. The Morgan fingerprint density at radius 1 is 1.31 bits per heavy atom. The predicted molar refractivity (Wildman–Crippen MR) is 53.6 cm³/mol. The highest BCUT2D eigenvalue weighted by atomic mass is 31.2. The van der Waals surface area contributed by atoms with Gasteiger partial charge in [0.15, 0.2) is 0 Å². The molecule has 0 aliphatic carbocycles. The van der Waals surface area contributed by atoms with E-state index in [4.69, 9.17) is 9.05 Å². The predicted octanol–water partition coefficient (Wildman–Crippen LogP) is 2.36. The number of hydrogen-bond donors (Lipinski definition) is 0. The molecule has 0 bridgehead atoms. The Morgan fingerprint density at radius 3 is 2.31 bits per heavy atom. The number of hydrogen-bond acceptors (Lipinski definition) is 7. The van der Waals surface area contributed by atoms with Crippen molar-refractivity contribution >= 4 is 22.2 Å². The number of carbonyl (C=O) groups excluding carboxylic acids is 1. The van der Waals surface area contributed by atoms with Crippen LogP contribution in [0.2, 0.25) is 0 Å². The molecule has 0 radical (unpaired) electrons. The summed E-state index contributed by atoms with van der Waals surface area (Å²) in [6.07, 6.45) is -1.03. The molecule has 0 aromatic heterocycles. The van der Waals surface area contributed by atoms with Crippen LogP contribution < -0.4 is 0 Å². The molecular formula is C7H12O7P2. The highest BCUT2D eigenvalue weighted by Gasteiger charge is 2.52. The van der Waals surface area contributed by atoms with E-state index in [1.807, 2.05) is 0 Å². The molecule has 0 aromatic carbocycles. The van der Waals surface area contributed by atoms with E-state index in [2.05, 4.69) is 9.47 Å². The Morgan fingerprint density at radius 2 is 1.88 bits per heavy atom. The summed E-state index contributed by atoms with van der Waals surface area (Å²) in [6.45, 7) is 3.47. The van der Waals surface area contributed by atoms with E-state index in [0.717, 1.165) is 0 Å². The first-order chi connectivity index (χ1) is 7.57. The number of cyclic esters (lactones) is 2. The number of rotatable bonds is 6. The normalized spacial score (nSPS) is 25.5. The summed E-state index contributed by atoms with van der Waals surface area (Å²) < 4.78 is 42.0. The van der Waals surface area contributed by atoms with E-state index >= 15 is 0 Å². The summed E-state index contributed by atoms with van der Waals surface area (Å²) in [6, 6.07) is 0. The fourth-order valence-electron chi connectivity index (χ4n) is 1.18. The molecule has 0 spiro atoms. The highest BCUT2D eigenvalue weighted by Crippen LogP contribution is 2.58. The third-order valence-electron chi connectivity index (χ3n) is 1.71. The van der Waals surface area contributed by atoms with E-state index in [1.165, 1.54) is 0 Å². The molecule has 1 heterocycles. The van der Waals surface area contributed by atoms with Gasteiger partial charge in [0, 0.05) is 0 Å². The molecule has 7 nitrogen and oxygen atoms in total. The molecule has 1 fully saturated rings. The molecule has 0 N–H and O–H groups in total. The summed E-state index contributed by atoms with van der Waals surface area (Å²) >= 11 is 0. The second kappa shape index (κ2) is 5.73. The molecule has 0 saturated carbocycles. The summed E-state index contributed by atoms with van der Waals surface area (Å²) in [7, 11) is -4.16. The van der Waals surface area contributed by atoms with Crippen molar-refractivity contribution in [2.45, 2.75) is 25.5 Å². The van der Waals surface area contributed by atoms with Crippen molar-refractivity contribution in [1.82, 2.24) is 0 Å². The molecule has 1 aliphatic rings. The standard InChI is InChI=1S/C7H12O7P2/c1-3-11-16(10,12-4-2)6-5(15-9)13-7(8)14-6/h5-6H,3-4H2,1-2H3. The van der Waals surface area contributed by atoms with Crippen LogP contribution in [0, 0.1) is 0 Å². The molecule has 2 unspecified atom stereocenters. The zero-order valence-corrected chi connectivity index (χ0v) is 10.6. The van der Waals surface area contributed by atoms with Crippen LogP contribution in [0.1, 0.15) is 13.8 Å². The average Bonchev–Trinajstić information content (AvgIpc) is 2.61. The number of carbonyl (C=O) groups is 1. The largest absolute Gasteiger partial charge is 0.510 e. The lowest BCUT2D eigenvalue weighted by atomic mass is 10.8. The Balaban J connectivity index is 2.89. The molecule has 9 heteroatoms. The Hall–Kier alpha value is -0.480. The Kier molecular flexibility index (Phi) is 4.87. The van der Waals surface area contributed by atoms with Crippen molar-refractivity contribution in [1.29, 1.82) is 0 Å². The summed E-state index contributed by atoms with van der Waals surface area (Å²) in [5, 5.41) is 0. The first-order valence-corrected chi connectivity index (χ1v) is 7.15. The zero-order chi connectivity index (χ0) is 12.2. The third kappa shape index (κ3) is 2.80. The second-order valence-corrected chi connectivity index (χ2v) is 5.57. The van der Waals surface area contributed by atoms with Crippen LogP contribution in [-0.4, -0.2) is 31.1 Å². The lowest BCUT2D eigenvalue weighted by molar-refractivity contribution is 0.117. The van der Waals surface area contributed by atoms with Gasteiger partial charge in [0.25, 0.3) is 5.85 Å². The molecule has 0 amide bonds. The lowest BCUT2D eigenvalue weighted by Gasteiger charge is -2.21. The van der Waals surface area contributed by atoms with Gasteiger partial charge in [0.2, 0.25) is 14.3 Å². The van der Waals surface area contributed by atoms with Crippen molar-refractivity contribution in [3.8, 4) is 0 Å². The van der Waals surface area contributed by atoms with E-state index in [0.29, 0.717) is 0 Å². The monoisotopic (exact) mass is 270 g/mol. The third-order valence-corrected chi connectivity index (χ3v) is 4.77. The first kappa shape index (κ1) is 13.6. The quantitative estimate of drug-likeness (QED) is 0.540. The minimum absolute atomic E-state index is 0.119. The molecule has 2 atom stereocenters. The van der Waals surface area contributed by atoms with Gasteiger partial charge in [-0.1, -0.05) is 0 Å². The van der Waals surface area contributed by atoms with Gasteiger partial charge in [-0.05, 0) is 13.8 Å². The highest BCUT2D eigenvalue weighted by molar-refractivity contribution is 7.55. The maximum atomic E-state index is 12.2. The fourth-order valence-corrected chi connectivity index (χ4v) is 3.80. The maximum Gasteiger partial charge on any atom is 0.510 e. The second-order valence-electron chi connectivity index (χ2n) is 2.75. The van der Waals surface area contributed by atoms with Crippen LogP contribution in [-0.2, 0) is 27.7 Å². The van der Waals surface area contributed by atoms with E-state index in [1.54, 1.807) is 13.8 Å². The molecule has 92 valence electrons. The minimum Gasteiger partial charge on any atom is -0.414 e. The maximum absolute atomic E-state index is 12.2. The van der Waals surface area contributed by atoms with Gasteiger partial charge in [-0.25, -0.2) is 4.79 Å². The van der Waals surface area contributed by atoms with Crippen molar-refractivity contribution in [3.63, 3.8) is 0 Å². The van der Waals surface area contributed by atoms with Crippen molar-refractivity contribution < 1.29 is 32.4 Å². The van der Waals surface area contributed by atoms with Crippen LogP contribution in [0.5, 0.6) is 0 Å². The van der Waals surface area contributed by atoms with Crippen LogP contribution in [0.25, 0.3) is 0 Å². The van der Waals surface area contributed by atoms with Gasteiger partial charge in [-0.3, -0.25) is 9.13 Å². The van der Waals surface area contributed by atoms with Gasteiger partial charge in [-0.15, -0.1) is 0 Å². The Bertz CT molecular complexity index is 308. The molecule has 1 saturated heterocycles.